The summed E-state index contributed by atoms with van der Waals surface area (Å²) in [5, 5.41) is 9.22. The number of thiazole rings is 1. The van der Waals surface area contributed by atoms with Crippen LogP contribution >= 0.6 is 22.9 Å². The summed E-state index contributed by atoms with van der Waals surface area (Å²) in [7, 11) is 0. The fourth-order valence-corrected chi connectivity index (χ4v) is 5.63. The van der Waals surface area contributed by atoms with Gasteiger partial charge >= 0.3 is 0 Å². The Morgan fingerprint density at radius 3 is 2.76 bits per heavy atom. The third-order valence-corrected chi connectivity index (χ3v) is 7.51. The van der Waals surface area contributed by atoms with Gasteiger partial charge < -0.3 is 10.2 Å². The molecule has 1 fully saturated rings. The highest BCUT2D eigenvalue weighted by Crippen LogP contribution is 2.35. The third-order valence-electron chi connectivity index (χ3n) is 6.25. The summed E-state index contributed by atoms with van der Waals surface area (Å²) in [4.78, 5) is 32.3. The summed E-state index contributed by atoms with van der Waals surface area (Å²) in [6.07, 6.45) is 2.96. The molecule has 2 aromatic carbocycles. The van der Waals surface area contributed by atoms with Crippen LogP contribution in [-0.4, -0.2) is 33.1 Å². The molecule has 7 nitrogen and oxygen atoms in total. The molecule has 2 aliphatic rings. The van der Waals surface area contributed by atoms with Crippen LogP contribution in [0.1, 0.15) is 24.1 Å². The molecule has 3 heterocycles. The molecule has 1 saturated heterocycles. The van der Waals surface area contributed by atoms with Crippen LogP contribution in [0, 0.1) is 5.92 Å². The predicted octanol–water partition coefficient (Wildman–Crippen LogP) is 4.62. The second kappa shape index (κ2) is 7.97. The van der Waals surface area contributed by atoms with Crippen molar-refractivity contribution in [2.45, 2.75) is 25.7 Å². The zero-order valence-corrected chi connectivity index (χ0v) is 19.2. The Kier molecular flexibility index (Phi) is 4.92. The quantitative estimate of drug-likeness (QED) is 0.465. The molecule has 0 saturated carbocycles. The Balaban J connectivity index is 1.28. The monoisotopic (exact) mass is 477 g/mol. The molecule has 6 rings (SSSR count). The van der Waals surface area contributed by atoms with Gasteiger partial charge in [0.15, 0.2) is 0 Å². The number of para-hydroxylation sites is 1. The van der Waals surface area contributed by atoms with Gasteiger partial charge in [-0.05, 0) is 55.7 Å². The van der Waals surface area contributed by atoms with Crippen LogP contribution in [0.3, 0.4) is 0 Å². The number of amides is 2. The van der Waals surface area contributed by atoms with Gasteiger partial charge in [-0.25, -0.2) is 4.98 Å². The van der Waals surface area contributed by atoms with Crippen molar-refractivity contribution < 1.29 is 9.59 Å². The summed E-state index contributed by atoms with van der Waals surface area (Å²) in [6, 6.07) is 15.0. The van der Waals surface area contributed by atoms with Crippen LogP contribution < -0.4 is 10.2 Å². The van der Waals surface area contributed by atoms with Gasteiger partial charge in [-0.1, -0.05) is 35.1 Å². The minimum atomic E-state index is -0.441. The first-order valence-electron chi connectivity index (χ1n) is 10.9. The molecular weight excluding hydrogens is 458 g/mol. The normalized spacial score (nSPS) is 17.7. The first-order chi connectivity index (χ1) is 16.1. The number of aryl methyl sites for hydroxylation is 1. The lowest BCUT2D eigenvalue weighted by molar-refractivity contribution is -0.122. The first kappa shape index (κ1) is 20.4. The molecule has 0 radical (unpaired) electrons. The van der Waals surface area contributed by atoms with Crippen molar-refractivity contribution in [1.82, 2.24) is 14.8 Å². The first-order valence-corrected chi connectivity index (χ1v) is 12.1. The molecule has 0 bridgehead atoms. The smallest absolute Gasteiger partial charge is 0.230 e. The lowest BCUT2D eigenvalue weighted by Gasteiger charge is -2.17. The fourth-order valence-electron chi connectivity index (χ4n) is 4.58. The zero-order valence-electron chi connectivity index (χ0n) is 17.6. The molecule has 4 aromatic rings. The zero-order chi connectivity index (χ0) is 22.5. The summed E-state index contributed by atoms with van der Waals surface area (Å²) < 4.78 is 2.83. The number of hydrogen-bond donors (Lipinski definition) is 1. The van der Waals surface area contributed by atoms with E-state index in [1.54, 1.807) is 45.2 Å². The third kappa shape index (κ3) is 3.59. The van der Waals surface area contributed by atoms with Crippen LogP contribution in [0.2, 0.25) is 5.02 Å². The van der Waals surface area contributed by atoms with E-state index in [2.05, 4.69) is 5.32 Å². The van der Waals surface area contributed by atoms with E-state index in [-0.39, 0.29) is 18.2 Å². The highest BCUT2D eigenvalue weighted by atomic mass is 35.5. The maximum Gasteiger partial charge on any atom is 0.230 e. The maximum absolute atomic E-state index is 13.3. The van der Waals surface area contributed by atoms with E-state index in [1.165, 1.54) is 0 Å². The number of rotatable bonds is 4. The lowest BCUT2D eigenvalue weighted by Crippen LogP contribution is -2.28. The maximum atomic E-state index is 13.3. The van der Waals surface area contributed by atoms with Crippen LogP contribution in [0.4, 0.5) is 11.5 Å². The van der Waals surface area contributed by atoms with E-state index in [0.29, 0.717) is 17.4 Å². The number of nitrogens with zero attached hydrogens (tertiary/aromatic N) is 4. The van der Waals surface area contributed by atoms with Crippen molar-refractivity contribution in [2.24, 2.45) is 5.92 Å². The number of anilines is 2. The van der Waals surface area contributed by atoms with Gasteiger partial charge in [0, 0.05) is 29.2 Å². The van der Waals surface area contributed by atoms with Gasteiger partial charge in [0.05, 0.1) is 21.8 Å². The van der Waals surface area contributed by atoms with Crippen LogP contribution in [0.25, 0.3) is 15.3 Å². The number of halogens is 1. The molecule has 0 spiro atoms. The molecule has 2 aromatic heterocycles. The molecule has 1 aliphatic heterocycles. The standard InChI is InChI=1S/C24H20ClN5O2S/c25-15-8-10-16(11-9-15)29-13-14(12-21(29)31)23(32)27-22-17-4-3-6-18(17)28-30(22)24-26-19-5-1-2-7-20(19)33-24/h1-2,5,7-11,14H,3-4,6,12-13H2,(H,27,32). The molecule has 1 unspecified atom stereocenters. The van der Waals surface area contributed by atoms with Gasteiger partial charge in [-0.2, -0.15) is 9.78 Å². The Bertz CT molecular complexity index is 1360. The second-order valence-corrected chi connectivity index (χ2v) is 9.82. The number of benzene rings is 2. The second-order valence-electron chi connectivity index (χ2n) is 8.37. The van der Waals surface area contributed by atoms with E-state index in [4.69, 9.17) is 21.7 Å². The number of hydrogen-bond acceptors (Lipinski definition) is 5. The summed E-state index contributed by atoms with van der Waals surface area (Å²) in [6.45, 7) is 0.337. The average Bonchev–Trinajstić information content (AvgIpc) is 3.57. The molecule has 1 atom stereocenters. The van der Waals surface area contributed by atoms with E-state index in [9.17, 15) is 9.59 Å². The number of aromatic nitrogens is 3. The highest BCUT2D eigenvalue weighted by molar-refractivity contribution is 7.20. The molecule has 2 amide bonds. The highest BCUT2D eigenvalue weighted by Gasteiger charge is 2.36. The fraction of sp³-hybridized carbons (Fsp3) is 0.250. The van der Waals surface area contributed by atoms with Crippen molar-refractivity contribution in [2.75, 3.05) is 16.8 Å². The van der Waals surface area contributed by atoms with Crippen LogP contribution in [0.5, 0.6) is 0 Å². The summed E-state index contributed by atoms with van der Waals surface area (Å²) in [5.74, 6) is 0.00653. The molecule has 33 heavy (non-hydrogen) atoms. The van der Waals surface area contributed by atoms with E-state index in [1.807, 2.05) is 24.3 Å². The SMILES string of the molecule is O=C(Nc1c2c(nn1-c1nc3ccccc3s1)CCC2)C1CC(=O)N(c2ccc(Cl)cc2)C1. The van der Waals surface area contributed by atoms with Crippen LogP contribution in [0.15, 0.2) is 48.5 Å². The molecule has 9 heteroatoms. The van der Waals surface area contributed by atoms with Crippen molar-refractivity contribution in [3.63, 3.8) is 0 Å². The van der Waals surface area contributed by atoms with Crippen molar-refractivity contribution in [1.29, 1.82) is 0 Å². The minimum absolute atomic E-state index is 0.0672. The van der Waals surface area contributed by atoms with E-state index >= 15 is 0 Å². The molecule has 166 valence electrons. The topological polar surface area (TPSA) is 80.1 Å². The number of carbonyl (C=O) groups is 2. The number of nitrogens with one attached hydrogen (secondary N) is 1. The van der Waals surface area contributed by atoms with Gasteiger partial charge in [-0.3, -0.25) is 9.59 Å². The Morgan fingerprint density at radius 2 is 1.94 bits per heavy atom. The predicted molar refractivity (Wildman–Crippen MR) is 129 cm³/mol. The Labute approximate surface area is 199 Å². The van der Waals surface area contributed by atoms with Gasteiger partial charge in [0.2, 0.25) is 16.9 Å². The average molecular weight is 478 g/mol. The van der Waals surface area contributed by atoms with E-state index in [0.717, 1.165) is 51.6 Å². The number of carbonyl (C=O) groups excluding carboxylic acids is 2. The Hall–Kier alpha value is -3.23. The molecular formula is C24H20ClN5O2S. The molecule has 1 aliphatic carbocycles. The lowest BCUT2D eigenvalue weighted by atomic mass is 10.1. The summed E-state index contributed by atoms with van der Waals surface area (Å²) >= 11 is 7.52. The largest absolute Gasteiger partial charge is 0.312 e. The van der Waals surface area contributed by atoms with Gasteiger partial charge in [0.25, 0.3) is 0 Å². The van der Waals surface area contributed by atoms with Crippen LogP contribution in [-0.2, 0) is 22.4 Å². The number of fused-ring (bicyclic) bond motifs is 2. The van der Waals surface area contributed by atoms with Crippen molar-refractivity contribution in [3.8, 4) is 5.13 Å². The van der Waals surface area contributed by atoms with Gasteiger partial charge in [-0.15, -0.1) is 0 Å². The van der Waals surface area contributed by atoms with E-state index < -0.39 is 5.92 Å². The van der Waals surface area contributed by atoms with Crippen molar-refractivity contribution in [3.05, 3.63) is 64.8 Å². The molecule has 1 N–H and O–H groups in total. The summed E-state index contributed by atoms with van der Waals surface area (Å²) in [5.41, 5.74) is 3.74. The van der Waals surface area contributed by atoms with Gasteiger partial charge in [0.1, 0.15) is 5.82 Å². The minimum Gasteiger partial charge on any atom is -0.312 e. The van der Waals surface area contributed by atoms with Crippen molar-refractivity contribution >= 4 is 56.5 Å². The Morgan fingerprint density at radius 1 is 1.12 bits per heavy atom.